The van der Waals surface area contributed by atoms with Crippen LogP contribution in [0.3, 0.4) is 0 Å². The van der Waals surface area contributed by atoms with Crippen molar-refractivity contribution in [3.8, 4) is 5.75 Å². The molecule has 0 aliphatic carbocycles. The third-order valence-corrected chi connectivity index (χ3v) is 7.00. The van der Waals surface area contributed by atoms with E-state index in [0.717, 1.165) is 22.3 Å². The van der Waals surface area contributed by atoms with E-state index < -0.39 is 17.7 Å². The SMILES string of the molecule is Cc1cc(/C(O)=C2/C(=O)C(=O)N(CCc3ccc(F)cc3)C2c2ccc(C(C)(C)C)cc2)ccc1OC(C)C. The maximum atomic E-state index is 13.4. The van der Waals surface area contributed by atoms with Crippen LogP contribution in [0.4, 0.5) is 4.39 Å². The Morgan fingerprint density at radius 3 is 2.21 bits per heavy atom. The van der Waals surface area contributed by atoms with Gasteiger partial charge in [0.05, 0.1) is 17.7 Å². The van der Waals surface area contributed by atoms with Crippen molar-refractivity contribution in [1.82, 2.24) is 4.90 Å². The van der Waals surface area contributed by atoms with Crippen molar-refractivity contribution in [3.63, 3.8) is 0 Å². The van der Waals surface area contributed by atoms with Gasteiger partial charge in [-0.3, -0.25) is 9.59 Å². The number of carbonyl (C=O) groups is 2. The number of ketones is 1. The lowest BCUT2D eigenvalue weighted by atomic mass is 9.85. The largest absolute Gasteiger partial charge is 0.507 e. The first-order chi connectivity index (χ1) is 18.4. The lowest BCUT2D eigenvalue weighted by Gasteiger charge is -2.26. The van der Waals surface area contributed by atoms with Crippen LogP contribution in [0.5, 0.6) is 5.75 Å². The molecule has 0 aromatic heterocycles. The number of amides is 1. The van der Waals surface area contributed by atoms with E-state index in [1.165, 1.54) is 17.0 Å². The molecule has 1 saturated heterocycles. The van der Waals surface area contributed by atoms with Crippen molar-refractivity contribution in [2.24, 2.45) is 0 Å². The molecule has 1 amide bonds. The third kappa shape index (κ3) is 6.06. The Kier molecular flexibility index (Phi) is 7.96. The molecule has 0 radical (unpaired) electrons. The summed E-state index contributed by atoms with van der Waals surface area (Å²) in [5.41, 5.74) is 3.93. The van der Waals surface area contributed by atoms with E-state index in [2.05, 4.69) is 20.8 Å². The summed E-state index contributed by atoms with van der Waals surface area (Å²) in [7, 11) is 0. The fraction of sp³-hybridized carbons (Fsp3) is 0.333. The second kappa shape index (κ2) is 11.0. The van der Waals surface area contributed by atoms with Crippen molar-refractivity contribution in [2.75, 3.05) is 6.54 Å². The number of Topliss-reactive ketones (excluding diaryl/α,β-unsaturated/α-hetero) is 1. The summed E-state index contributed by atoms with van der Waals surface area (Å²) < 4.78 is 19.2. The molecule has 1 atom stereocenters. The quantitative estimate of drug-likeness (QED) is 0.206. The number of halogens is 1. The molecule has 0 bridgehead atoms. The van der Waals surface area contributed by atoms with Crippen LogP contribution in [0.15, 0.2) is 72.3 Å². The molecule has 5 nitrogen and oxygen atoms in total. The standard InChI is InChI=1S/C33H36FNO4/c1-20(2)39-27-16-11-24(19-21(27)3)30(36)28-29(23-9-12-25(13-10-23)33(4,5)6)35(32(38)31(28)37)18-17-22-7-14-26(34)15-8-22/h7-16,19-20,29,36H,17-18H2,1-6H3/b30-28-. The van der Waals surface area contributed by atoms with Gasteiger partial charge < -0.3 is 14.7 Å². The van der Waals surface area contributed by atoms with Crippen LogP contribution in [0.1, 0.15) is 68.5 Å². The normalized spacial score (nSPS) is 17.2. The van der Waals surface area contributed by atoms with Gasteiger partial charge in [-0.2, -0.15) is 0 Å². The highest BCUT2D eigenvalue weighted by molar-refractivity contribution is 6.46. The Bertz CT molecular complexity index is 1400. The molecule has 3 aromatic carbocycles. The van der Waals surface area contributed by atoms with Gasteiger partial charge in [0.1, 0.15) is 17.3 Å². The molecule has 0 spiro atoms. The number of hydrogen-bond donors (Lipinski definition) is 1. The summed E-state index contributed by atoms with van der Waals surface area (Å²) in [6, 6.07) is 18.4. The Morgan fingerprint density at radius 2 is 1.64 bits per heavy atom. The van der Waals surface area contributed by atoms with Gasteiger partial charge in [0, 0.05) is 12.1 Å². The van der Waals surface area contributed by atoms with E-state index in [0.29, 0.717) is 17.7 Å². The monoisotopic (exact) mass is 529 g/mol. The average molecular weight is 530 g/mol. The van der Waals surface area contributed by atoms with Gasteiger partial charge in [-0.1, -0.05) is 57.2 Å². The number of aliphatic hydroxyl groups is 1. The zero-order chi connectivity index (χ0) is 28.5. The second-order valence-electron chi connectivity index (χ2n) is 11.4. The number of aliphatic hydroxyl groups excluding tert-OH is 1. The smallest absolute Gasteiger partial charge is 0.295 e. The van der Waals surface area contributed by atoms with Crippen LogP contribution in [0, 0.1) is 12.7 Å². The van der Waals surface area contributed by atoms with Crippen molar-refractivity contribution in [1.29, 1.82) is 0 Å². The zero-order valence-corrected chi connectivity index (χ0v) is 23.4. The van der Waals surface area contributed by atoms with Crippen molar-refractivity contribution in [2.45, 2.75) is 65.5 Å². The van der Waals surface area contributed by atoms with E-state index in [4.69, 9.17) is 4.74 Å². The molecule has 6 heteroatoms. The van der Waals surface area contributed by atoms with Gasteiger partial charge >= 0.3 is 0 Å². The Hall–Kier alpha value is -3.93. The minimum Gasteiger partial charge on any atom is -0.507 e. The van der Waals surface area contributed by atoms with Crippen molar-refractivity contribution < 1.29 is 23.8 Å². The molecule has 1 N–H and O–H groups in total. The number of nitrogens with zero attached hydrogens (tertiary/aromatic N) is 1. The van der Waals surface area contributed by atoms with Gasteiger partial charge in [0.15, 0.2) is 0 Å². The molecule has 1 unspecified atom stereocenters. The molecule has 204 valence electrons. The lowest BCUT2D eigenvalue weighted by Crippen LogP contribution is -2.31. The highest BCUT2D eigenvalue weighted by Crippen LogP contribution is 2.40. The molecule has 1 aliphatic heterocycles. The molecule has 3 aromatic rings. The number of aryl methyl sites for hydroxylation is 1. The first kappa shape index (κ1) is 28.1. The number of likely N-dealkylation sites (tertiary alicyclic amines) is 1. The summed E-state index contributed by atoms with van der Waals surface area (Å²) in [5, 5.41) is 11.5. The highest BCUT2D eigenvalue weighted by Gasteiger charge is 2.46. The Labute approximate surface area is 229 Å². The number of benzene rings is 3. The van der Waals surface area contributed by atoms with Crippen LogP contribution in [-0.4, -0.2) is 34.3 Å². The maximum absolute atomic E-state index is 13.4. The Balaban J connectivity index is 1.78. The van der Waals surface area contributed by atoms with Crippen LogP contribution in [0.2, 0.25) is 0 Å². The fourth-order valence-corrected chi connectivity index (χ4v) is 4.86. The van der Waals surface area contributed by atoms with Gasteiger partial charge in [0.25, 0.3) is 11.7 Å². The first-order valence-corrected chi connectivity index (χ1v) is 13.3. The van der Waals surface area contributed by atoms with Crippen LogP contribution >= 0.6 is 0 Å². The van der Waals surface area contributed by atoms with Gasteiger partial charge in [0.2, 0.25) is 0 Å². The predicted molar refractivity (Wildman–Crippen MR) is 151 cm³/mol. The summed E-state index contributed by atoms with van der Waals surface area (Å²) in [4.78, 5) is 28.2. The summed E-state index contributed by atoms with van der Waals surface area (Å²) in [6.45, 7) is 12.3. The van der Waals surface area contributed by atoms with Gasteiger partial charge in [-0.05, 0) is 85.2 Å². The minimum absolute atomic E-state index is 0.00866. The Morgan fingerprint density at radius 1 is 1.00 bits per heavy atom. The molecular weight excluding hydrogens is 493 g/mol. The summed E-state index contributed by atoms with van der Waals surface area (Å²) in [6.07, 6.45) is 0.426. The molecule has 0 saturated carbocycles. The van der Waals surface area contributed by atoms with E-state index >= 15 is 0 Å². The number of hydrogen-bond acceptors (Lipinski definition) is 4. The number of ether oxygens (including phenoxy) is 1. The van der Waals surface area contributed by atoms with E-state index in [1.54, 1.807) is 30.3 Å². The fourth-order valence-electron chi connectivity index (χ4n) is 4.86. The van der Waals surface area contributed by atoms with Crippen molar-refractivity contribution >= 4 is 17.4 Å². The van der Waals surface area contributed by atoms with Crippen molar-refractivity contribution in [3.05, 3.63) is 106 Å². The molecule has 1 fully saturated rings. The summed E-state index contributed by atoms with van der Waals surface area (Å²) >= 11 is 0. The topological polar surface area (TPSA) is 66.8 Å². The summed E-state index contributed by atoms with van der Waals surface area (Å²) in [5.74, 6) is -1.26. The lowest BCUT2D eigenvalue weighted by molar-refractivity contribution is -0.139. The second-order valence-corrected chi connectivity index (χ2v) is 11.4. The number of rotatable bonds is 7. The zero-order valence-electron chi connectivity index (χ0n) is 23.4. The van der Waals surface area contributed by atoms with E-state index in [1.807, 2.05) is 45.0 Å². The average Bonchev–Trinajstić information content (AvgIpc) is 3.13. The van der Waals surface area contributed by atoms with Gasteiger partial charge in [-0.15, -0.1) is 0 Å². The number of carbonyl (C=O) groups excluding carboxylic acids is 2. The predicted octanol–water partition coefficient (Wildman–Crippen LogP) is 6.88. The molecule has 1 aliphatic rings. The molecule has 4 rings (SSSR count). The van der Waals surface area contributed by atoms with E-state index in [-0.39, 0.29) is 35.2 Å². The maximum Gasteiger partial charge on any atom is 0.295 e. The van der Waals surface area contributed by atoms with Gasteiger partial charge in [-0.25, -0.2) is 4.39 Å². The first-order valence-electron chi connectivity index (χ1n) is 13.3. The molecular formula is C33H36FNO4. The van der Waals surface area contributed by atoms with Crippen LogP contribution < -0.4 is 4.74 Å². The molecule has 1 heterocycles. The van der Waals surface area contributed by atoms with Crippen LogP contribution in [-0.2, 0) is 21.4 Å². The van der Waals surface area contributed by atoms with Crippen LogP contribution in [0.25, 0.3) is 5.76 Å². The highest BCUT2D eigenvalue weighted by atomic mass is 19.1. The minimum atomic E-state index is -0.758. The molecule has 39 heavy (non-hydrogen) atoms. The third-order valence-electron chi connectivity index (χ3n) is 7.00. The van der Waals surface area contributed by atoms with E-state index in [9.17, 15) is 19.1 Å².